The highest BCUT2D eigenvalue weighted by atomic mass is 16.6. The van der Waals surface area contributed by atoms with Crippen LogP contribution in [-0.4, -0.2) is 53.7 Å². The number of aliphatic hydroxyl groups is 1. The molecule has 21 heavy (non-hydrogen) atoms. The maximum atomic E-state index is 12.0. The molecule has 0 spiro atoms. The normalized spacial score (nSPS) is 31.1. The molecule has 2 aliphatic heterocycles. The van der Waals surface area contributed by atoms with Gasteiger partial charge in [-0.15, -0.1) is 0 Å². The lowest BCUT2D eigenvalue weighted by atomic mass is 10.1. The summed E-state index contributed by atoms with van der Waals surface area (Å²) in [6, 6.07) is 6.62. The Hall–Kier alpha value is -1.63. The average Bonchev–Trinajstić information content (AvgIpc) is 3.03. The van der Waals surface area contributed by atoms with Crippen molar-refractivity contribution >= 4 is 5.91 Å². The average molecular weight is 293 g/mol. The fourth-order valence-corrected chi connectivity index (χ4v) is 2.80. The van der Waals surface area contributed by atoms with E-state index in [0.29, 0.717) is 19.4 Å². The third-order valence-corrected chi connectivity index (χ3v) is 3.95. The van der Waals surface area contributed by atoms with Crippen LogP contribution in [0, 0.1) is 0 Å². The Kier molecular flexibility index (Phi) is 4.10. The van der Waals surface area contributed by atoms with Gasteiger partial charge in [0, 0.05) is 6.42 Å². The van der Waals surface area contributed by atoms with Crippen LogP contribution in [0.25, 0.3) is 0 Å². The minimum absolute atomic E-state index is 0.0673. The van der Waals surface area contributed by atoms with Gasteiger partial charge in [-0.05, 0) is 24.1 Å². The number of aromatic hydroxyl groups is 1. The van der Waals surface area contributed by atoms with Crippen molar-refractivity contribution in [3.8, 4) is 5.75 Å². The number of nitrogens with one attached hydrogen (secondary N) is 1. The molecule has 2 fully saturated rings. The number of hydrogen-bond donors (Lipinski definition) is 3. The molecule has 4 atom stereocenters. The highest BCUT2D eigenvalue weighted by molar-refractivity contribution is 5.76. The Morgan fingerprint density at radius 2 is 1.90 bits per heavy atom. The molecular weight excluding hydrogens is 274 g/mol. The molecule has 0 bridgehead atoms. The highest BCUT2D eigenvalue weighted by Crippen LogP contribution is 2.27. The molecule has 0 saturated carbocycles. The van der Waals surface area contributed by atoms with Crippen LogP contribution in [0.1, 0.15) is 12.0 Å². The van der Waals surface area contributed by atoms with Gasteiger partial charge < -0.3 is 25.0 Å². The predicted molar refractivity (Wildman–Crippen MR) is 73.8 cm³/mol. The third-order valence-electron chi connectivity index (χ3n) is 3.95. The number of phenolic OH excluding ortho intramolecular Hbond substituents is 1. The van der Waals surface area contributed by atoms with E-state index >= 15 is 0 Å². The van der Waals surface area contributed by atoms with Gasteiger partial charge in [-0.2, -0.15) is 0 Å². The highest BCUT2D eigenvalue weighted by Gasteiger charge is 2.47. The minimum Gasteiger partial charge on any atom is -0.508 e. The maximum absolute atomic E-state index is 12.0. The van der Waals surface area contributed by atoms with Crippen molar-refractivity contribution in [2.45, 2.75) is 37.2 Å². The zero-order valence-corrected chi connectivity index (χ0v) is 11.6. The van der Waals surface area contributed by atoms with Gasteiger partial charge in [0.05, 0.1) is 19.3 Å². The predicted octanol–water partition coefficient (Wildman–Crippen LogP) is -0.0319. The molecule has 1 amide bonds. The van der Waals surface area contributed by atoms with Crippen LogP contribution in [0.2, 0.25) is 0 Å². The SMILES string of the molecule is O=C(CCc1ccc(O)cc1)N[C@@H]1CO[C@H]2[C@@H]1OC[C@H]2O. The number of carbonyl (C=O) groups excluding carboxylic acids is 1. The summed E-state index contributed by atoms with van der Waals surface area (Å²) in [6.07, 6.45) is -0.211. The summed E-state index contributed by atoms with van der Waals surface area (Å²) in [5, 5.41) is 21.8. The van der Waals surface area contributed by atoms with E-state index in [4.69, 9.17) is 9.47 Å². The molecule has 6 nitrogen and oxygen atoms in total. The first kappa shape index (κ1) is 14.3. The van der Waals surface area contributed by atoms with Gasteiger partial charge in [-0.3, -0.25) is 4.79 Å². The Balaban J connectivity index is 1.47. The van der Waals surface area contributed by atoms with Crippen LogP contribution in [0.3, 0.4) is 0 Å². The molecule has 2 heterocycles. The molecule has 0 radical (unpaired) electrons. The van der Waals surface area contributed by atoms with Crippen molar-refractivity contribution in [1.29, 1.82) is 0 Å². The van der Waals surface area contributed by atoms with Crippen LogP contribution in [0.15, 0.2) is 24.3 Å². The topological polar surface area (TPSA) is 88.0 Å². The third kappa shape index (κ3) is 3.18. The largest absolute Gasteiger partial charge is 0.508 e. The zero-order chi connectivity index (χ0) is 14.8. The smallest absolute Gasteiger partial charge is 0.220 e. The van der Waals surface area contributed by atoms with Gasteiger partial charge in [0.2, 0.25) is 5.91 Å². The maximum Gasteiger partial charge on any atom is 0.220 e. The van der Waals surface area contributed by atoms with Crippen molar-refractivity contribution in [3.05, 3.63) is 29.8 Å². The molecule has 2 aliphatic rings. The lowest BCUT2D eigenvalue weighted by Crippen LogP contribution is -2.44. The quantitative estimate of drug-likeness (QED) is 0.725. The number of benzene rings is 1. The van der Waals surface area contributed by atoms with Gasteiger partial charge in [-0.1, -0.05) is 12.1 Å². The van der Waals surface area contributed by atoms with Crippen LogP contribution in [-0.2, 0) is 20.7 Å². The summed E-state index contributed by atoms with van der Waals surface area (Å²) in [6.45, 7) is 0.632. The Morgan fingerprint density at radius 1 is 1.19 bits per heavy atom. The first-order valence-electron chi connectivity index (χ1n) is 7.12. The van der Waals surface area contributed by atoms with E-state index in [2.05, 4.69) is 5.32 Å². The van der Waals surface area contributed by atoms with Gasteiger partial charge in [-0.25, -0.2) is 0 Å². The summed E-state index contributed by atoms with van der Waals surface area (Å²) in [4.78, 5) is 12.0. The number of amides is 1. The van der Waals surface area contributed by atoms with E-state index in [9.17, 15) is 15.0 Å². The van der Waals surface area contributed by atoms with Crippen molar-refractivity contribution in [2.75, 3.05) is 13.2 Å². The van der Waals surface area contributed by atoms with E-state index in [1.165, 1.54) is 0 Å². The molecule has 3 rings (SSSR count). The number of aryl methyl sites for hydroxylation is 1. The first-order valence-corrected chi connectivity index (χ1v) is 7.12. The molecule has 6 heteroatoms. The van der Waals surface area contributed by atoms with Crippen molar-refractivity contribution in [3.63, 3.8) is 0 Å². The summed E-state index contributed by atoms with van der Waals surface area (Å²) < 4.78 is 10.9. The van der Waals surface area contributed by atoms with Gasteiger partial charge >= 0.3 is 0 Å². The number of ether oxygens (including phenoxy) is 2. The minimum atomic E-state index is -0.603. The molecule has 3 N–H and O–H groups in total. The summed E-state index contributed by atoms with van der Waals surface area (Å²) >= 11 is 0. The van der Waals surface area contributed by atoms with E-state index in [-0.39, 0.29) is 36.5 Å². The number of fused-ring (bicyclic) bond motifs is 1. The number of rotatable bonds is 4. The summed E-state index contributed by atoms with van der Waals surface area (Å²) in [5.41, 5.74) is 0.996. The zero-order valence-electron chi connectivity index (χ0n) is 11.6. The van der Waals surface area contributed by atoms with E-state index in [1.807, 2.05) is 0 Å². The molecule has 2 saturated heterocycles. The molecule has 114 valence electrons. The van der Waals surface area contributed by atoms with Crippen LogP contribution in [0.5, 0.6) is 5.75 Å². The fourth-order valence-electron chi connectivity index (χ4n) is 2.80. The van der Waals surface area contributed by atoms with E-state index < -0.39 is 6.10 Å². The van der Waals surface area contributed by atoms with Crippen LogP contribution < -0.4 is 5.32 Å². The van der Waals surface area contributed by atoms with Crippen molar-refractivity contribution in [1.82, 2.24) is 5.32 Å². The van der Waals surface area contributed by atoms with Crippen LogP contribution >= 0.6 is 0 Å². The number of hydrogen-bond acceptors (Lipinski definition) is 5. The molecule has 0 aliphatic carbocycles. The molecule has 0 unspecified atom stereocenters. The Morgan fingerprint density at radius 3 is 2.67 bits per heavy atom. The van der Waals surface area contributed by atoms with Gasteiger partial charge in [0.15, 0.2) is 0 Å². The monoisotopic (exact) mass is 293 g/mol. The second-order valence-electron chi connectivity index (χ2n) is 5.50. The second-order valence-corrected chi connectivity index (χ2v) is 5.50. The lowest BCUT2D eigenvalue weighted by Gasteiger charge is -2.17. The molecule has 1 aromatic carbocycles. The summed E-state index contributed by atoms with van der Waals surface area (Å²) in [5.74, 6) is 0.150. The standard InChI is InChI=1S/C15H19NO5/c17-10-4-1-9(2-5-10)3-6-13(19)16-11-7-20-15-12(18)8-21-14(11)15/h1-2,4-5,11-12,14-15,17-18H,3,6-8H2,(H,16,19)/t11-,12-,14-,15-/m1/s1. The van der Waals surface area contributed by atoms with Crippen molar-refractivity contribution in [2.24, 2.45) is 0 Å². The van der Waals surface area contributed by atoms with Gasteiger partial charge in [0.1, 0.15) is 24.1 Å². The first-order chi connectivity index (χ1) is 10.1. The summed E-state index contributed by atoms with van der Waals surface area (Å²) in [7, 11) is 0. The van der Waals surface area contributed by atoms with E-state index in [1.54, 1.807) is 24.3 Å². The fraction of sp³-hybridized carbons (Fsp3) is 0.533. The number of phenols is 1. The number of aliphatic hydroxyl groups excluding tert-OH is 1. The van der Waals surface area contributed by atoms with Gasteiger partial charge in [0.25, 0.3) is 0 Å². The van der Waals surface area contributed by atoms with E-state index in [0.717, 1.165) is 5.56 Å². The lowest BCUT2D eigenvalue weighted by molar-refractivity contribution is -0.122. The molecular formula is C15H19NO5. The molecule has 1 aromatic rings. The van der Waals surface area contributed by atoms with Crippen molar-refractivity contribution < 1.29 is 24.5 Å². The van der Waals surface area contributed by atoms with Crippen LogP contribution in [0.4, 0.5) is 0 Å². The number of carbonyl (C=O) groups is 1. The Bertz CT molecular complexity index is 503. The molecule has 0 aromatic heterocycles. The second kappa shape index (κ2) is 6.01. The Labute approximate surface area is 122 Å².